The van der Waals surface area contributed by atoms with Crippen molar-refractivity contribution in [2.75, 3.05) is 27.2 Å². The third-order valence-electron chi connectivity index (χ3n) is 4.09. The lowest BCUT2D eigenvalue weighted by Gasteiger charge is -2.26. The molecule has 1 aliphatic heterocycles. The predicted molar refractivity (Wildman–Crippen MR) is 81.5 cm³/mol. The maximum Gasteiger partial charge on any atom is 0.237 e. The summed E-state index contributed by atoms with van der Waals surface area (Å²) < 4.78 is 0. The van der Waals surface area contributed by atoms with Gasteiger partial charge in [-0.15, -0.1) is 0 Å². The summed E-state index contributed by atoms with van der Waals surface area (Å²) in [6.45, 7) is 3.71. The summed E-state index contributed by atoms with van der Waals surface area (Å²) in [5.41, 5.74) is 1.23. The Kier molecular flexibility index (Phi) is 5.15. The predicted octanol–water partition coefficient (Wildman–Crippen LogP) is 1.40. The van der Waals surface area contributed by atoms with E-state index in [0.29, 0.717) is 12.5 Å². The molecule has 1 saturated heterocycles. The Morgan fingerprint density at radius 2 is 2.10 bits per heavy atom. The standard InChI is InChI=1S/C16H25N3O/c1-12-9-10-17-15(12)16(20)18-11-14(19(2)3)13-7-5-4-6-8-13/h4-8,12,14-15,17H,9-11H2,1-3H3,(H,18,20). The van der Waals surface area contributed by atoms with E-state index in [0.717, 1.165) is 13.0 Å². The van der Waals surface area contributed by atoms with Gasteiger partial charge in [0.15, 0.2) is 0 Å². The molecule has 110 valence electrons. The number of benzene rings is 1. The van der Waals surface area contributed by atoms with Crippen molar-refractivity contribution in [2.45, 2.75) is 25.4 Å². The highest BCUT2D eigenvalue weighted by Gasteiger charge is 2.29. The zero-order chi connectivity index (χ0) is 14.5. The van der Waals surface area contributed by atoms with Gasteiger partial charge in [0, 0.05) is 6.54 Å². The van der Waals surface area contributed by atoms with Gasteiger partial charge in [-0.25, -0.2) is 0 Å². The summed E-state index contributed by atoms with van der Waals surface area (Å²) in [6, 6.07) is 10.5. The van der Waals surface area contributed by atoms with Gasteiger partial charge < -0.3 is 15.5 Å². The molecule has 0 bridgehead atoms. The number of carbonyl (C=O) groups excluding carboxylic acids is 1. The second-order valence-electron chi connectivity index (χ2n) is 5.83. The summed E-state index contributed by atoms with van der Waals surface area (Å²) >= 11 is 0. The van der Waals surface area contributed by atoms with Crippen molar-refractivity contribution in [1.82, 2.24) is 15.5 Å². The van der Waals surface area contributed by atoms with Crippen molar-refractivity contribution in [3.05, 3.63) is 35.9 Å². The smallest absolute Gasteiger partial charge is 0.237 e. The van der Waals surface area contributed by atoms with Gasteiger partial charge in [-0.1, -0.05) is 37.3 Å². The second-order valence-corrected chi connectivity index (χ2v) is 5.83. The highest BCUT2D eigenvalue weighted by Crippen LogP contribution is 2.18. The maximum atomic E-state index is 12.2. The minimum absolute atomic E-state index is 0.0337. The first kappa shape index (κ1) is 15.0. The highest BCUT2D eigenvalue weighted by molar-refractivity contribution is 5.82. The molecule has 1 fully saturated rings. The molecule has 20 heavy (non-hydrogen) atoms. The number of hydrogen-bond donors (Lipinski definition) is 2. The summed E-state index contributed by atoms with van der Waals surface area (Å²) in [7, 11) is 4.08. The van der Waals surface area contributed by atoms with Crippen LogP contribution in [-0.4, -0.2) is 44.0 Å². The van der Waals surface area contributed by atoms with Crippen molar-refractivity contribution in [3.8, 4) is 0 Å². The summed E-state index contributed by atoms with van der Waals surface area (Å²) in [6.07, 6.45) is 1.08. The minimum atomic E-state index is -0.0337. The molecule has 1 aliphatic rings. The van der Waals surface area contributed by atoms with Gasteiger partial charge in [0.05, 0.1) is 12.1 Å². The van der Waals surface area contributed by atoms with E-state index >= 15 is 0 Å². The van der Waals surface area contributed by atoms with Crippen LogP contribution >= 0.6 is 0 Å². The lowest BCUT2D eigenvalue weighted by Crippen LogP contribution is -2.45. The molecule has 0 aromatic heterocycles. The first-order valence-corrected chi connectivity index (χ1v) is 7.32. The summed E-state index contributed by atoms with van der Waals surface area (Å²) in [5.74, 6) is 0.544. The molecular weight excluding hydrogens is 250 g/mol. The van der Waals surface area contributed by atoms with Crippen molar-refractivity contribution in [3.63, 3.8) is 0 Å². The maximum absolute atomic E-state index is 12.2. The molecule has 1 amide bonds. The zero-order valence-corrected chi connectivity index (χ0v) is 12.6. The van der Waals surface area contributed by atoms with Crippen LogP contribution in [0.25, 0.3) is 0 Å². The van der Waals surface area contributed by atoms with E-state index in [-0.39, 0.29) is 18.0 Å². The van der Waals surface area contributed by atoms with Crippen molar-refractivity contribution < 1.29 is 4.79 Å². The van der Waals surface area contributed by atoms with E-state index in [1.165, 1.54) is 5.56 Å². The van der Waals surface area contributed by atoms with Crippen LogP contribution in [-0.2, 0) is 4.79 Å². The first-order chi connectivity index (χ1) is 9.59. The Bertz CT molecular complexity index is 433. The normalized spacial score (nSPS) is 23.8. The molecule has 2 rings (SSSR count). The van der Waals surface area contributed by atoms with Gasteiger partial charge in [-0.2, -0.15) is 0 Å². The van der Waals surface area contributed by atoms with Crippen LogP contribution < -0.4 is 10.6 Å². The molecule has 1 heterocycles. The van der Waals surface area contributed by atoms with Crippen LogP contribution in [0.1, 0.15) is 24.9 Å². The SMILES string of the molecule is CC1CCNC1C(=O)NCC(c1ccccc1)N(C)C. The fraction of sp³-hybridized carbons (Fsp3) is 0.562. The molecule has 1 aromatic carbocycles. The van der Waals surface area contributed by atoms with E-state index in [1.54, 1.807) is 0 Å². The van der Waals surface area contributed by atoms with Crippen molar-refractivity contribution >= 4 is 5.91 Å². The lowest BCUT2D eigenvalue weighted by atomic mass is 10.0. The molecule has 4 nitrogen and oxygen atoms in total. The van der Waals surface area contributed by atoms with Gasteiger partial charge in [0.25, 0.3) is 0 Å². The molecule has 4 heteroatoms. The largest absolute Gasteiger partial charge is 0.353 e. The quantitative estimate of drug-likeness (QED) is 0.854. The topological polar surface area (TPSA) is 44.4 Å². The van der Waals surface area contributed by atoms with Crippen LogP contribution in [0, 0.1) is 5.92 Å². The van der Waals surface area contributed by atoms with Crippen LogP contribution in [0.5, 0.6) is 0 Å². The lowest BCUT2D eigenvalue weighted by molar-refractivity contribution is -0.123. The number of nitrogens with one attached hydrogen (secondary N) is 2. The van der Waals surface area contributed by atoms with Gasteiger partial charge >= 0.3 is 0 Å². The summed E-state index contributed by atoms with van der Waals surface area (Å²) in [4.78, 5) is 14.4. The van der Waals surface area contributed by atoms with Gasteiger partial charge in [0.2, 0.25) is 5.91 Å². The van der Waals surface area contributed by atoms with E-state index in [9.17, 15) is 4.79 Å². The van der Waals surface area contributed by atoms with E-state index in [4.69, 9.17) is 0 Å². The van der Waals surface area contributed by atoms with Crippen molar-refractivity contribution in [1.29, 1.82) is 0 Å². The Labute approximate surface area is 121 Å². The number of rotatable bonds is 5. The van der Waals surface area contributed by atoms with Gasteiger partial charge in [-0.3, -0.25) is 4.79 Å². The van der Waals surface area contributed by atoms with Crippen LogP contribution in [0.15, 0.2) is 30.3 Å². The number of amides is 1. The fourth-order valence-corrected chi connectivity index (χ4v) is 2.77. The van der Waals surface area contributed by atoms with Crippen LogP contribution in [0.2, 0.25) is 0 Å². The third-order valence-corrected chi connectivity index (χ3v) is 4.09. The molecule has 3 atom stereocenters. The van der Waals surface area contributed by atoms with Crippen LogP contribution in [0.4, 0.5) is 0 Å². The Balaban J connectivity index is 1.94. The average Bonchev–Trinajstić information content (AvgIpc) is 2.86. The Hall–Kier alpha value is -1.39. The first-order valence-electron chi connectivity index (χ1n) is 7.32. The number of likely N-dealkylation sites (N-methyl/N-ethyl adjacent to an activating group) is 1. The van der Waals surface area contributed by atoms with Crippen LogP contribution in [0.3, 0.4) is 0 Å². The molecule has 0 spiro atoms. The average molecular weight is 275 g/mol. The fourth-order valence-electron chi connectivity index (χ4n) is 2.77. The molecular formula is C16H25N3O. The molecule has 3 unspecified atom stereocenters. The molecule has 2 N–H and O–H groups in total. The van der Waals surface area contributed by atoms with Crippen molar-refractivity contribution in [2.24, 2.45) is 5.92 Å². The Morgan fingerprint density at radius 3 is 2.65 bits per heavy atom. The van der Waals surface area contributed by atoms with Gasteiger partial charge in [0.1, 0.15) is 0 Å². The molecule has 0 saturated carbocycles. The van der Waals surface area contributed by atoms with E-state index < -0.39 is 0 Å². The highest BCUT2D eigenvalue weighted by atomic mass is 16.2. The molecule has 0 aliphatic carbocycles. The monoisotopic (exact) mass is 275 g/mol. The number of carbonyl (C=O) groups is 1. The van der Waals surface area contributed by atoms with Gasteiger partial charge in [-0.05, 0) is 38.5 Å². The zero-order valence-electron chi connectivity index (χ0n) is 12.6. The third kappa shape index (κ3) is 3.58. The minimum Gasteiger partial charge on any atom is -0.353 e. The second kappa shape index (κ2) is 6.86. The van der Waals surface area contributed by atoms with E-state index in [1.807, 2.05) is 32.3 Å². The number of nitrogens with zero attached hydrogens (tertiary/aromatic N) is 1. The van der Waals surface area contributed by atoms with E-state index in [2.05, 4.69) is 34.6 Å². The molecule has 1 aromatic rings. The molecule has 0 radical (unpaired) electrons. The number of hydrogen-bond acceptors (Lipinski definition) is 3. The summed E-state index contributed by atoms with van der Waals surface area (Å²) in [5, 5.41) is 6.37. The Morgan fingerprint density at radius 1 is 1.40 bits per heavy atom.